The summed E-state index contributed by atoms with van der Waals surface area (Å²) < 4.78 is 23.8. The van der Waals surface area contributed by atoms with E-state index in [4.69, 9.17) is 0 Å². The predicted molar refractivity (Wildman–Crippen MR) is 111 cm³/mol. The van der Waals surface area contributed by atoms with Crippen LogP contribution in [-0.2, 0) is 14.6 Å². The second-order valence-corrected chi connectivity index (χ2v) is 10.4. The molecule has 1 fully saturated rings. The highest BCUT2D eigenvalue weighted by atomic mass is 32.2. The molecule has 7 heteroatoms. The molecule has 156 valence electrons. The van der Waals surface area contributed by atoms with E-state index in [9.17, 15) is 18.0 Å². The van der Waals surface area contributed by atoms with Gasteiger partial charge in [0.25, 0.3) is 5.91 Å². The summed E-state index contributed by atoms with van der Waals surface area (Å²) >= 11 is 0. The molecule has 28 heavy (non-hydrogen) atoms. The minimum absolute atomic E-state index is 0.0380. The van der Waals surface area contributed by atoms with Gasteiger partial charge in [0.15, 0.2) is 9.84 Å². The fraction of sp³-hybridized carbons (Fsp3) is 0.619. The number of benzene rings is 1. The molecule has 1 aliphatic heterocycles. The monoisotopic (exact) mass is 408 g/mol. The average molecular weight is 409 g/mol. The maximum absolute atomic E-state index is 12.9. The molecule has 1 aliphatic rings. The lowest BCUT2D eigenvalue weighted by atomic mass is 9.95. The molecule has 1 aromatic rings. The van der Waals surface area contributed by atoms with Gasteiger partial charge in [0.2, 0.25) is 5.91 Å². The van der Waals surface area contributed by atoms with Gasteiger partial charge in [-0.15, -0.1) is 0 Å². The Balaban J connectivity index is 2.07. The smallest absolute Gasteiger partial charge is 0.253 e. The molecule has 2 amide bonds. The molecule has 0 aliphatic carbocycles. The summed E-state index contributed by atoms with van der Waals surface area (Å²) in [7, 11) is -1.50. The van der Waals surface area contributed by atoms with E-state index in [1.807, 2.05) is 32.0 Å². The molecule has 0 N–H and O–H groups in total. The van der Waals surface area contributed by atoms with E-state index in [0.717, 1.165) is 17.5 Å². The lowest BCUT2D eigenvalue weighted by Gasteiger charge is -2.35. The molecule has 2 atom stereocenters. The molecule has 0 saturated carbocycles. The van der Waals surface area contributed by atoms with E-state index in [2.05, 4.69) is 0 Å². The second-order valence-electron chi connectivity index (χ2n) is 7.96. The third-order valence-electron chi connectivity index (χ3n) is 5.47. The van der Waals surface area contributed by atoms with Gasteiger partial charge in [-0.1, -0.05) is 24.1 Å². The van der Waals surface area contributed by atoms with Crippen molar-refractivity contribution in [3.63, 3.8) is 0 Å². The van der Waals surface area contributed by atoms with Crippen molar-refractivity contribution in [2.45, 2.75) is 46.6 Å². The standard InChI is InChI=1S/C21H32N2O4S/c1-6-28(26,27)14-17(4)22(5)20(24)18-8-7-9-23(13-18)21(25)19-11-15(2)10-16(3)12-19/h10-12,17-18H,6-9,13-14H2,1-5H3. The van der Waals surface area contributed by atoms with Gasteiger partial charge < -0.3 is 9.80 Å². The van der Waals surface area contributed by atoms with Crippen molar-refractivity contribution < 1.29 is 18.0 Å². The van der Waals surface area contributed by atoms with E-state index >= 15 is 0 Å². The molecular weight excluding hydrogens is 376 g/mol. The summed E-state index contributed by atoms with van der Waals surface area (Å²) in [4.78, 5) is 29.1. The number of carbonyl (C=O) groups is 2. The van der Waals surface area contributed by atoms with Crippen molar-refractivity contribution >= 4 is 21.7 Å². The van der Waals surface area contributed by atoms with Crippen LogP contribution >= 0.6 is 0 Å². The van der Waals surface area contributed by atoms with Gasteiger partial charge in [0.1, 0.15) is 0 Å². The number of rotatable bonds is 6. The fourth-order valence-electron chi connectivity index (χ4n) is 3.75. The first-order valence-electron chi connectivity index (χ1n) is 9.88. The number of aryl methyl sites for hydroxylation is 2. The van der Waals surface area contributed by atoms with Gasteiger partial charge in [0.05, 0.1) is 11.7 Å². The summed E-state index contributed by atoms with van der Waals surface area (Å²) in [6.07, 6.45) is 1.48. The van der Waals surface area contributed by atoms with Crippen LogP contribution in [0, 0.1) is 19.8 Å². The lowest BCUT2D eigenvalue weighted by molar-refractivity contribution is -0.137. The number of nitrogens with zero attached hydrogens (tertiary/aromatic N) is 2. The van der Waals surface area contributed by atoms with Crippen molar-refractivity contribution in [2.24, 2.45) is 5.92 Å². The van der Waals surface area contributed by atoms with Crippen molar-refractivity contribution in [3.8, 4) is 0 Å². The van der Waals surface area contributed by atoms with Crippen molar-refractivity contribution in [3.05, 3.63) is 34.9 Å². The zero-order valence-electron chi connectivity index (χ0n) is 17.6. The SMILES string of the molecule is CCS(=O)(=O)CC(C)N(C)C(=O)C1CCCN(C(=O)c2cc(C)cc(C)c2)C1. The van der Waals surface area contributed by atoms with Crippen LogP contribution in [0.4, 0.5) is 0 Å². The number of likely N-dealkylation sites (tertiary alicyclic amines) is 1. The molecule has 1 saturated heterocycles. The van der Waals surface area contributed by atoms with Crippen LogP contribution in [0.15, 0.2) is 18.2 Å². The normalized spacial score (nSPS) is 18.6. The molecule has 0 radical (unpaired) electrons. The molecule has 2 unspecified atom stereocenters. The summed E-state index contributed by atoms with van der Waals surface area (Å²) in [6, 6.07) is 5.40. The number of carbonyl (C=O) groups excluding carboxylic acids is 2. The van der Waals surface area contributed by atoms with E-state index < -0.39 is 9.84 Å². The Hall–Kier alpha value is -1.89. The van der Waals surface area contributed by atoms with Gasteiger partial charge in [-0.05, 0) is 45.7 Å². The minimum atomic E-state index is -3.15. The molecule has 0 aromatic heterocycles. The summed E-state index contributed by atoms with van der Waals surface area (Å²) in [5.41, 5.74) is 2.73. The van der Waals surface area contributed by atoms with Gasteiger partial charge in [0, 0.05) is 37.5 Å². The van der Waals surface area contributed by atoms with Crippen LogP contribution in [0.3, 0.4) is 0 Å². The van der Waals surface area contributed by atoms with Crippen LogP contribution < -0.4 is 0 Å². The van der Waals surface area contributed by atoms with E-state index in [-0.39, 0.29) is 35.3 Å². The number of sulfone groups is 1. The second kappa shape index (κ2) is 9.07. The quantitative estimate of drug-likeness (QED) is 0.725. The zero-order valence-corrected chi connectivity index (χ0v) is 18.4. The number of amides is 2. The molecule has 6 nitrogen and oxygen atoms in total. The van der Waals surface area contributed by atoms with Crippen LogP contribution in [0.5, 0.6) is 0 Å². The van der Waals surface area contributed by atoms with Gasteiger partial charge in [-0.2, -0.15) is 0 Å². The number of hydrogen-bond acceptors (Lipinski definition) is 4. The van der Waals surface area contributed by atoms with Crippen LogP contribution in [0.25, 0.3) is 0 Å². The molecule has 1 aromatic carbocycles. The highest BCUT2D eigenvalue weighted by Gasteiger charge is 2.32. The van der Waals surface area contributed by atoms with Crippen LogP contribution in [0.2, 0.25) is 0 Å². The summed E-state index contributed by atoms with van der Waals surface area (Å²) in [5, 5.41) is 0. The highest BCUT2D eigenvalue weighted by molar-refractivity contribution is 7.91. The van der Waals surface area contributed by atoms with E-state index in [1.54, 1.807) is 25.8 Å². The zero-order chi connectivity index (χ0) is 21.1. The minimum Gasteiger partial charge on any atom is -0.342 e. The Morgan fingerprint density at radius 3 is 2.39 bits per heavy atom. The summed E-state index contributed by atoms with van der Waals surface area (Å²) in [6.45, 7) is 8.31. The van der Waals surface area contributed by atoms with Crippen molar-refractivity contribution in [1.82, 2.24) is 9.80 Å². The topological polar surface area (TPSA) is 74.8 Å². The van der Waals surface area contributed by atoms with E-state index in [1.165, 1.54) is 4.90 Å². The molecule has 0 bridgehead atoms. The Kier molecular flexibility index (Phi) is 7.26. The third-order valence-corrected chi connectivity index (χ3v) is 7.34. The van der Waals surface area contributed by atoms with Crippen LogP contribution in [-0.4, -0.2) is 67.7 Å². The Labute approximate surface area is 168 Å². The highest BCUT2D eigenvalue weighted by Crippen LogP contribution is 2.22. The van der Waals surface area contributed by atoms with E-state index in [0.29, 0.717) is 25.1 Å². The van der Waals surface area contributed by atoms with Crippen LogP contribution in [0.1, 0.15) is 48.2 Å². The Morgan fingerprint density at radius 1 is 1.21 bits per heavy atom. The van der Waals surface area contributed by atoms with Gasteiger partial charge >= 0.3 is 0 Å². The largest absolute Gasteiger partial charge is 0.342 e. The maximum Gasteiger partial charge on any atom is 0.253 e. The Bertz CT molecular complexity index is 815. The predicted octanol–water partition coefficient (Wildman–Crippen LogP) is 2.44. The van der Waals surface area contributed by atoms with Crippen molar-refractivity contribution in [1.29, 1.82) is 0 Å². The molecule has 1 heterocycles. The van der Waals surface area contributed by atoms with Crippen molar-refractivity contribution in [2.75, 3.05) is 31.6 Å². The summed E-state index contributed by atoms with van der Waals surface area (Å²) in [5.74, 6) is -0.393. The maximum atomic E-state index is 12.9. The Morgan fingerprint density at radius 2 is 1.82 bits per heavy atom. The third kappa shape index (κ3) is 5.56. The number of hydrogen-bond donors (Lipinski definition) is 0. The lowest BCUT2D eigenvalue weighted by Crippen LogP contribution is -2.49. The first-order chi connectivity index (χ1) is 13.0. The molecule has 0 spiro atoms. The molecule has 2 rings (SSSR count). The molecular formula is C21H32N2O4S. The van der Waals surface area contributed by atoms with Gasteiger partial charge in [-0.3, -0.25) is 9.59 Å². The first kappa shape index (κ1) is 22.4. The fourth-order valence-corrected chi connectivity index (χ4v) is 4.94. The first-order valence-corrected chi connectivity index (χ1v) is 11.7. The average Bonchev–Trinajstić information content (AvgIpc) is 2.65. The number of piperidine rings is 1. The van der Waals surface area contributed by atoms with Gasteiger partial charge in [-0.25, -0.2) is 8.42 Å².